The molecule has 1 aromatic heterocycles. The van der Waals surface area contributed by atoms with Crippen LogP contribution in [0.5, 0.6) is 0 Å². The van der Waals surface area contributed by atoms with Gasteiger partial charge in [-0.1, -0.05) is 12.1 Å². The van der Waals surface area contributed by atoms with Crippen molar-refractivity contribution in [2.75, 3.05) is 6.61 Å². The Hall–Kier alpha value is -2.81. The molecular formula is C19H20N2O4. The number of nitrogens with one attached hydrogen (secondary N) is 1. The monoisotopic (exact) mass is 340 g/mol. The van der Waals surface area contributed by atoms with Gasteiger partial charge in [0.25, 0.3) is 5.91 Å². The number of fused-ring (bicyclic) bond motifs is 1. The smallest absolute Gasteiger partial charge is 0.310 e. The van der Waals surface area contributed by atoms with Crippen LogP contribution in [0.2, 0.25) is 0 Å². The van der Waals surface area contributed by atoms with Gasteiger partial charge in [0, 0.05) is 10.9 Å². The fourth-order valence-corrected chi connectivity index (χ4v) is 2.89. The van der Waals surface area contributed by atoms with E-state index in [2.05, 4.69) is 11.4 Å². The number of nitrogens with zero attached hydrogens (tertiary/aromatic N) is 1. The number of aryl methyl sites for hydroxylation is 1. The van der Waals surface area contributed by atoms with E-state index < -0.39 is 24.0 Å². The van der Waals surface area contributed by atoms with E-state index in [1.54, 1.807) is 6.92 Å². The minimum Gasteiger partial charge on any atom is -0.464 e. The number of hydrogen-bond acceptors (Lipinski definition) is 5. The van der Waals surface area contributed by atoms with Crippen molar-refractivity contribution in [2.24, 2.45) is 5.92 Å². The zero-order chi connectivity index (χ0) is 18.0. The molecule has 25 heavy (non-hydrogen) atoms. The van der Waals surface area contributed by atoms with Crippen LogP contribution in [0.1, 0.15) is 30.9 Å². The van der Waals surface area contributed by atoms with Gasteiger partial charge in [-0.25, -0.2) is 0 Å². The lowest BCUT2D eigenvalue weighted by Crippen LogP contribution is -2.48. The number of ether oxygens (including phenoxy) is 1. The molecule has 1 fully saturated rings. The van der Waals surface area contributed by atoms with E-state index in [0.717, 1.165) is 34.9 Å². The molecule has 130 valence electrons. The molecule has 6 heteroatoms. The number of hydrogen-bond donors (Lipinski definition) is 1. The van der Waals surface area contributed by atoms with Crippen molar-refractivity contribution in [3.05, 3.63) is 35.6 Å². The lowest BCUT2D eigenvalue weighted by molar-refractivity contribution is -0.148. The van der Waals surface area contributed by atoms with E-state index in [9.17, 15) is 14.9 Å². The van der Waals surface area contributed by atoms with Crippen LogP contribution in [0, 0.1) is 24.2 Å². The fourth-order valence-electron chi connectivity index (χ4n) is 2.89. The lowest BCUT2D eigenvalue weighted by Gasteiger charge is -2.22. The summed E-state index contributed by atoms with van der Waals surface area (Å²) in [5.74, 6) is -0.793. The van der Waals surface area contributed by atoms with Crippen LogP contribution in [0.4, 0.5) is 0 Å². The highest BCUT2D eigenvalue weighted by molar-refractivity contribution is 5.87. The molecule has 1 aliphatic rings. The Balaban J connectivity index is 1.54. The van der Waals surface area contributed by atoms with Gasteiger partial charge in [-0.15, -0.1) is 0 Å². The molecular weight excluding hydrogens is 320 g/mol. The highest BCUT2D eigenvalue weighted by Crippen LogP contribution is 2.39. The Bertz CT molecular complexity index is 860. The number of esters is 1. The van der Waals surface area contributed by atoms with Crippen LogP contribution in [-0.4, -0.2) is 24.0 Å². The quantitative estimate of drug-likeness (QED) is 0.816. The van der Waals surface area contributed by atoms with E-state index in [0.29, 0.717) is 0 Å². The van der Waals surface area contributed by atoms with E-state index in [1.807, 2.05) is 25.1 Å². The number of benzene rings is 1. The zero-order valence-electron chi connectivity index (χ0n) is 14.3. The van der Waals surface area contributed by atoms with Gasteiger partial charge in [0.15, 0.2) is 6.61 Å². The molecule has 1 heterocycles. The predicted octanol–water partition coefficient (Wildman–Crippen LogP) is 2.64. The van der Waals surface area contributed by atoms with Crippen LogP contribution >= 0.6 is 0 Å². The van der Waals surface area contributed by atoms with E-state index in [-0.39, 0.29) is 12.3 Å². The average molecular weight is 340 g/mol. The van der Waals surface area contributed by atoms with Crippen LogP contribution in [0.3, 0.4) is 0 Å². The van der Waals surface area contributed by atoms with Crippen molar-refractivity contribution in [3.8, 4) is 6.07 Å². The van der Waals surface area contributed by atoms with E-state index >= 15 is 0 Å². The van der Waals surface area contributed by atoms with Crippen molar-refractivity contribution in [2.45, 2.75) is 38.6 Å². The average Bonchev–Trinajstić information content (AvgIpc) is 3.37. The van der Waals surface area contributed by atoms with Crippen LogP contribution in [-0.2, 0) is 20.7 Å². The Kier molecular flexibility index (Phi) is 4.49. The normalized spacial score (nSPS) is 16.0. The van der Waals surface area contributed by atoms with Crippen LogP contribution < -0.4 is 5.32 Å². The van der Waals surface area contributed by atoms with Crippen LogP contribution in [0.15, 0.2) is 28.9 Å². The molecule has 0 unspecified atom stereocenters. The summed E-state index contributed by atoms with van der Waals surface area (Å²) in [5.41, 5.74) is 1.63. The molecule has 2 aromatic rings. The van der Waals surface area contributed by atoms with Gasteiger partial charge in [0.1, 0.15) is 11.1 Å². The van der Waals surface area contributed by atoms with Gasteiger partial charge < -0.3 is 14.5 Å². The molecule has 1 saturated carbocycles. The summed E-state index contributed by atoms with van der Waals surface area (Å²) in [4.78, 5) is 23.9. The second kappa shape index (κ2) is 6.60. The third-order valence-electron chi connectivity index (χ3n) is 4.54. The van der Waals surface area contributed by atoms with Crippen molar-refractivity contribution >= 4 is 22.8 Å². The second-order valence-electron chi connectivity index (χ2n) is 6.73. The first-order valence-electron chi connectivity index (χ1n) is 8.26. The summed E-state index contributed by atoms with van der Waals surface area (Å²) in [7, 11) is 0. The number of carbonyl (C=O) groups excluding carboxylic acids is 2. The molecule has 0 spiro atoms. The molecule has 1 aliphatic carbocycles. The maximum Gasteiger partial charge on any atom is 0.310 e. The molecule has 0 radical (unpaired) electrons. The number of rotatable bonds is 6. The maximum absolute atomic E-state index is 12.0. The topological polar surface area (TPSA) is 92.3 Å². The molecule has 3 rings (SSSR count). The number of amides is 1. The molecule has 1 atom stereocenters. The third-order valence-corrected chi connectivity index (χ3v) is 4.54. The first-order chi connectivity index (χ1) is 11.9. The second-order valence-corrected chi connectivity index (χ2v) is 6.73. The fraction of sp³-hybridized carbons (Fsp3) is 0.421. The predicted molar refractivity (Wildman–Crippen MR) is 90.5 cm³/mol. The number of nitriles is 1. The molecule has 1 N–H and O–H groups in total. The SMILES string of the molecule is Cc1ccc2c(CC(=O)OCC(=O)N[C@](C)(C#N)C3CC3)coc2c1. The molecule has 0 aliphatic heterocycles. The minimum atomic E-state index is -0.887. The first-order valence-corrected chi connectivity index (χ1v) is 8.26. The first kappa shape index (κ1) is 17.0. The van der Waals surface area contributed by atoms with Crippen molar-refractivity contribution in [1.29, 1.82) is 5.26 Å². The Morgan fingerprint density at radius 2 is 2.20 bits per heavy atom. The minimum absolute atomic E-state index is 0.0292. The Morgan fingerprint density at radius 3 is 2.88 bits per heavy atom. The summed E-state index contributed by atoms with van der Waals surface area (Å²) < 4.78 is 10.5. The Labute approximate surface area is 145 Å². The summed E-state index contributed by atoms with van der Waals surface area (Å²) >= 11 is 0. The van der Waals surface area contributed by atoms with Crippen LogP contribution in [0.25, 0.3) is 11.0 Å². The van der Waals surface area contributed by atoms with Gasteiger partial charge in [-0.3, -0.25) is 9.59 Å². The summed E-state index contributed by atoms with van der Waals surface area (Å²) in [6, 6.07) is 7.88. The molecule has 1 aromatic carbocycles. The standard InChI is InChI=1S/C19H20N2O4/c1-12-3-6-15-13(9-24-16(15)7-12)8-18(23)25-10-17(22)21-19(2,11-20)14-4-5-14/h3,6-7,9,14H,4-5,8,10H2,1-2H3,(H,21,22)/t19-/m1/s1. The molecule has 6 nitrogen and oxygen atoms in total. The lowest BCUT2D eigenvalue weighted by atomic mass is 9.98. The number of carbonyl (C=O) groups is 2. The molecule has 1 amide bonds. The van der Waals surface area contributed by atoms with E-state index in [4.69, 9.17) is 9.15 Å². The van der Waals surface area contributed by atoms with Crippen molar-refractivity contribution in [1.82, 2.24) is 5.32 Å². The van der Waals surface area contributed by atoms with Gasteiger partial charge >= 0.3 is 5.97 Å². The highest BCUT2D eigenvalue weighted by atomic mass is 16.5. The van der Waals surface area contributed by atoms with Gasteiger partial charge in [-0.2, -0.15) is 5.26 Å². The molecule has 0 bridgehead atoms. The van der Waals surface area contributed by atoms with Gasteiger partial charge in [0.2, 0.25) is 0 Å². The zero-order valence-corrected chi connectivity index (χ0v) is 14.3. The van der Waals surface area contributed by atoms with Crippen molar-refractivity contribution in [3.63, 3.8) is 0 Å². The third kappa shape index (κ3) is 3.82. The Morgan fingerprint density at radius 1 is 1.44 bits per heavy atom. The summed E-state index contributed by atoms with van der Waals surface area (Å²) in [5, 5.41) is 12.7. The van der Waals surface area contributed by atoms with Crippen molar-refractivity contribution < 1.29 is 18.7 Å². The summed E-state index contributed by atoms with van der Waals surface area (Å²) in [6.07, 6.45) is 3.42. The largest absolute Gasteiger partial charge is 0.464 e. The molecule has 0 saturated heterocycles. The number of furan rings is 1. The maximum atomic E-state index is 12.0. The highest BCUT2D eigenvalue weighted by Gasteiger charge is 2.43. The van der Waals surface area contributed by atoms with Gasteiger partial charge in [-0.05, 0) is 44.2 Å². The van der Waals surface area contributed by atoms with Gasteiger partial charge in [0.05, 0.1) is 18.8 Å². The summed E-state index contributed by atoms with van der Waals surface area (Å²) in [6.45, 7) is 3.27. The van der Waals surface area contributed by atoms with E-state index in [1.165, 1.54) is 6.26 Å².